The average molecular weight is 257 g/mol. The number of aromatic nitrogens is 1. The van der Waals surface area contributed by atoms with Gasteiger partial charge in [-0.3, -0.25) is 4.79 Å². The van der Waals surface area contributed by atoms with Gasteiger partial charge in [-0.15, -0.1) is 11.8 Å². The van der Waals surface area contributed by atoms with Crippen LogP contribution in [0, 0.1) is 11.8 Å². The van der Waals surface area contributed by atoms with Gasteiger partial charge in [-0.25, -0.2) is 4.98 Å². The summed E-state index contributed by atoms with van der Waals surface area (Å²) < 4.78 is 0. The molecule has 0 unspecified atom stereocenters. The lowest BCUT2D eigenvalue weighted by Crippen LogP contribution is -2.24. The van der Waals surface area contributed by atoms with Crippen LogP contribution in [0.5, 0.6) is 0 Å². The zero-order valence-electron chi connectivity index (χ0n) is 8.68. The van der Waals surface area contributed by atoms with Crippen LogP contribution in [-0.4, -0.2) is 17.4 Å². The van der Waals surface area contributed by atoms with Crippen molar-refractivity contribution in [2.24, 2.45) is 0 Å². The Kier molecular flexibility index (Phi) is 5.10. The lowest BCUT2D eigenvalue weighted by atomic mass is 10.2. The van der Waals surface area contributed by atoms with Crippen molar-refractivity contribution in [1.29, 1.82) is 0 Å². The third kappa shape index (κ3) is 3.73. The lowest BCUT2D eigenvalue weighted by molar-refractivity contribution is 0.0954. The minimum Gasteiger partial charge on any atom is -0.351 e. The van der Waals surface area contributed by atoms with E-state index in [1.807, 2.05) is 0 Å². The Morgan fingerprint density at radius 1 is 1.56 bits per heavy atom. The highest BCUT2D eigenvalue weighted by atomic mass is 35.5. The molecule has 0 saturated heterocycles. The average Bonchev–Trinajstić information content (AvgIpc) is 2.27. The highest BCUT2D eigenvalue weighted by Gasteiger charge is 2.10. The summed E-state index contributed by atoms with van der Waals surface area (Å²) in [5, 5.41) is 3.21. The van der Waals surface area contributed by atoms with Gasteiger partial charge in [-0.2, -0.15) is 0 Å². The Morgan fingerprint density at radius 2 is 2.31 bits per heavy atom. The van der Waals surface area contributed by atoms with Crippen LogP contribution < -0.4 is 5.32 Å². The molecule has 16 heavy (non-hydrogen) atoms. The van der Waals surface area contributed by atoms with Gasteiger partial charge in [-0.1, -0.05) is 23.2 Å². The summed E-state index contributed by atoms with van der Waals surface area (Å²) in [7, 11) is 0. The highest BCUT2D eigenvalue weighted by Crippen LogP contribution is 2.17. The maximum Gasteiger partial charge on any atom is 0.252 e. The molecule has 0 aliphatic rings. The van der Waals surface area contributed by atoms with Crippen molar-refractivity contribution < 1.29 is 4.79 Å². The van der Waals surface area contributed by atoms with Gasteiger partial charge in [0.25, 0.3) is 5.91 Å². The van der Waals surface area contributed by atoms with Gasteiger partial charge in [0.2, 0.25) is 0 Å². The van der Waals surface area contributed by atoms with E-state index in [-0.39, 0.29) is 16.1 Å². The zero-order valence-corrected chi connectivity index (χ0v) is 10.2. The maximum atomic E-state index is 11.7. The number of hydrogen-bond donors (Lipinski definition) is 1. The molecule has 0 aliphatic carbocycles. The number of nitrogens with one attached hydrogen (secondary N) is 1. The van der Waals surface area contributed by atoms with Gasteiger partial charge in [-0.05, 0) is 13.0 Å². The summed E-state index contributed by atoms with van der Waals surface area (Å²) in [5.74, 6) is 5.32. The second-order valence-corrected chi connectivity index (χ2v) is 3.71. The van der Waals surface area contributed by atoms with E-state index in [9.17, 15) is 4.79 Å². The minimum atomic E-state index is -0.271. The van der Waals surface area contributed by atoms with Crippen LogP contribution in [0.4, 0.5) is 0 Å². The van der Waals surface area contributed by atoms with E-state index in [0.29, 0.717) is 18.5 Å². The molecule has 1 aromatic heterocycles. The van der Waals surface area contributed by atoms with Crippen molar-refractivity contribution in [2.75, 3.05) is 6.54 Å². The predicted molar refractivity (Wildman–Crippen MR) is 64.7 cm³/mol. The molecule has 84 valence electrons. The van der Waals surface area contributed by atoms with Gasteiger partial charge in [0.15, 0.2) is 0 Å². The molecule has 5 heteroatoms. The van der Waals surface area contributed by atoms with E-state index in [2.05, 4.69) is 22.1 Å². The Balaban J connectivity index is 2.64. The van der Waals surface area contributed by atoms with Crippen LogP contribution in [0.1, 0.15) is 23.7 Å². The van der Waals surface area contributed by atoms with Crippen molar-refractivity contribution in [3.63, 3.8) is 0 Å². The topological polar surface area (TPSA) is 42.0 Å². The standard InChI is InChI=1S/C11H10Cl2N2O/c1-2-3-4-5-14-11(16)8-6-10(13)15-7-9(8)12/h6-7H,4-5H2,1H3,(H,14,16). The van der Waals surface area contributed by atoms with Gasteiger partial charge < -0.3 is 5.32 Å². The molecule has 0 saturated carbocycles. The predicted octanol–water partition coefficient (Wildman–Crippen LogP) is 2.53. The third-order valence-electron chi connectivity index (χ3n) is 1.78. The molecule has 0 aliphatic heterocycles. The van der Waals surface area contributed by atoms with E-state index in [1.54, 1.807) is 6.92 Å². The summed E-state index contributed by atoms with van der Waals surface area (Å²) in [4.78, 5) is 15.4. The fourth-order valence-corrected chi connectivity index (χ4v) is 1.39. The highest BCUT2D eigenvalue weighted by molar-refractivity contribution is 6.35. The van der Waals surface area contributed by atoms with Crippen LogP contribution in [-0.2, 0) is 0 Å². The maximum absolute atomic E-state index is 11.7. The van der Waals surface area contributed by atoms with Crippen molar-refractivity contribution in [3.05, 3.63) is 28.0 Å². The number of halogens is 2. The lowest BCUT2D eigenvalue weighted by Gasteiger charge is -2.04. The molecular weight excluding hydrogens is 247 g/mol. The smallest absolute Gasteiger partial charge is 0.252 e. The van der Waals surface area contributed by atoms with Crippen molar-refractivity contribution >= 4 is 29.1 Å². The van der Waals surface area contributed by atoms with E-state index in [0.717, 1.165) is 0 Å². The molecule has 3 nitrogen and oxygen atoms in total. The molecule has 0 bridgehead atoms. The monoisotopic (exact) mass is 256 g/mol. The Hall–Kier alpha value is -1.24. The van der Waals surface area contributed by atoms with E-state index >= 15 is 0 Å². The van der Waals surface area contributed by atoms with Crippen molar-refractivity contribution in [1.82, 2.24) is 10.3 Å². The molecule has 0 atom stereocenters. The summed E-state index contributed by atoms with van der Waals surface area (Å²) in [5.41, 5.74) is 0.325. The van der Waals surface area contributed by atoms with Crippen LogP contribution in [0.25, 0.3) is 0 Å². The van der Waals surface area contributed by atoms with Crippen LogP contribution in [0.15, 0.2) is 12.3 Å². The first-order valence-electron chi connectivity index (χ1n) is 4.64. The summed E-state index contributed by atoms with van der Waals surface area (Å²) in [6.45, 7) is 2.23. The first-order chi connectivity index (χ1) is 7.65. The number of rotatable bonds is 3. The third-order valence-corrected chi connectivity index (χ3v) is 2.29. The zero-order chi connectivity index (χ0) is 12.0. The number of carbonyl (C=O) groups excluding carboxylic acids is 1. The SMILES string of the molecule is CC#CCCNC(=O)c1cc(Cl)ncc1Cl. The quantitative estimate of drug-likeness (QED) is 0.513. The molecule has 1 N–H and O–H groups in total. The van der Waals surface area contributed by atoms with Gasteiger partial charge in [0.05, 0.1) is 10.6 Å². The fraction of sp³-hybridized carbons (Fsp3) is 0.273. The Bertz CT molecular complexity index is 449. The number of carbonyl (C=O) groups is 1. The van der Waals surface area contributed by atoms with E-state index < -0.39 is 0 Å². The summed E-state index contributed by atoms with van der Waals surface area (Å²) >= 11 is 11.5. The van der Waals surface area contributed by atoms with Gasteiger partial charge in [0.1, 0.15) is 5.15 Å². The molecule has 1 heterocycles. The second kappa shape index (κ2) is 6.37. The molecule has 1 amide bonds. The van der Waals surface area contributed by atoms with Gasteiger partial charge in [0, 0.05) is 19.2 Å². The van der Waals surface area contributed by atoms with Crippen LogP contribution in [0.3, 0.4) is 0 Å². The number of hydrogen-bond acceptors (Lipinski definition) is 2. The molecule has 1 aromatic rings. The largest absolute Gasteiger partial charge is 0.351 e. The Morgan fingerprint density at radius 3 is 3.00 bits per heavy atom. The molecular formula is C11H10Cl2N2O. The van der Waals surface area contributed by atoms with Crippen molar-refractivity contribution in [2.45, 2.75) is 13.3 Å². The normalized spacial score (nSPS) is 9.19. The molecule has 0 radical (unpaired) electrons. The number of amides is 1. The van der Waals surface area contributed by atoms with Gasteiger partial charge >= 0.3 is 0 Å². The second-order valence-electron chi connectivity index (χ2n) is 2.92. The first-order valence-corrected chi connectivity index (χ1v) is 5.39. The van der Waals surface area contributed by atoms with Crippen molar-refractivity contribution in [3.8, 4) is 11.8 Å². The minimum absolute atomic E-state index is 0.239. The molecule has 0 spiro atoms. The molecule has 0 fully saturated rings. The van der Waals surface area contributed by atoms with E-state index in [1.165, 1.54) is 12.3 Å². The summed E-state index contributed by atoms with van der Waals surface area (Å²) in [6.07, 6.45) is 1.96. The Labute approximate surface area is 104 Å². The van der Waals surface area contributed by atoms with Crippen LogP contribution in [0.2, 0.25) is 10.2 Å². The number of nitrogens with zero attached hydrogens (tertiary/aromatic N) is 1. The number of pyridine rings is 1. The fourth-order valence-electron chi connectivity index (χ4n) is 1.05. The van der Waals surface area contributed by atoms with E-state index in [4.69, 9.17) is 23.2 Å². The molecule has 0 aromatic carbocycles. The molecule has 1 rings (SSSR count). The first kappa shape index (κ1) is 12.8. The summed E-state index contributed by atoms with van der Waals surface area (Å²) in [6, 6.07) is 1.44. The van der Waals surface area contributed by atoms with Crippen LogP contribution >= 0.6 is 23.2 Å².